The number of ketones is 1. The summed E-state index contributed by atoms with van der Waals surface area (Å²) < 4.78 is 0. The van der Waals surface area contributed by atoms with Gasteiger partial charge in [0.1, 0.15) is 0 Å². The van der Waals surface area contributed by atoms with Crippen LogP contribution >= 0.6 is 0 Å². The number of hydrogen-bond donors (Lipinski definition) is 0. The molecule has 0 N–H and O–H groups in total. The summed E-state index contributed by atoms with van der Waals surface area (Å²) in [5, 5.41) is 19.5. The largest absolute Gasteiger partial charge is 0.293 e. The Kier molecular flexibility index (Phi) is 2.71. The number of carbonyl (C=O) groups excluding carboxylic acids is 1. The Morgan fingerprint density at radius 2 is 1.61 bits per heavy atom. The van der Waals surface area contributed by atoms with Crippen molar-refractivity contribution in [3.05, 3.63) is 71.3 Å². The van der Waals surface area contributed by atoms with Crippen molar-refractivity contribution in [2.24, 2.45) is 10.8 Å². The van der Waals surface area contributed by atoms with Gasteiger partial charge >= 0.3 is 0 Å². The number of aryl methyl sites for hydroxylation is 1. The van der Waals surface area contributed by atoms with Crippen molar-refractivity contribution in [2.75, 3.05) is 0 Å². The molecule has 2 unspecified atom stereocenters. The van der Waals surface area contributed by atoms with Gasteiger partial charge in [0.05, 0.1) is 17.6 Å². The number of nitrogens with zero attached hydrogens (tertiary/aromatic N) is 2. The van der Waals surface area contributed by atoms with Crippen LogP contribution in [0.15, 0.2) is 54.6 Å². The highest BCUT2D eigenvalue weighted by molar-refractivity contribution is 6.08. The number of Topliss-reactive ketones (excluding diaryl/α,β-unsaturated/α-hetero) is 1. The smallest absolute Gasteiger partial charge is 0.172 e. The van der Waals surface area contributed by atoms with Gasteiger partial charge in [0.2, 0.25) is 0 Å². The molecule has 23 heavy (non-hydrogen) atoms. The zero-order valence-electron chi connectivity index (χ0n) is 12.5. The van der Waals surface area contributed by atoms with Crippen LogP contribution in [-0.2, 0) is 6.42 Å². The average molecular weight is 298 g/mol. The van der Waals surface area contributed by atoms with E-state index < -0.39 is 10.8 Å². The number of carbonyl (C=O) groups is 1. The molecule has 3 nitrogen and oxygen atoms in total. The second-order valence-electron chi connectivity index (χ2n) is 6.33. The van der Waals surface area contributed by atoms with Crippen LogP contribution in [0.25, 0.3) is 0 Å². The minimum absolute atomic E-state index is 0.0451. The monoisotopic (exact) mass is 298 g/mol. The highest BCUT2D eigenvalue weighted by Crippen LogP contribution is 2.77. The van der Waals surface area contributed by atoms with Crippen LogP contribution in [0.5, 0.6) is 0 Å². The van der Waals surface area contributed by atoms with Crippen molar-refractivity contribution in [2.45, 2.75) is 18.8 Å². The first-order chi connectivity index (χ1) is 11.2. The Balaban J connectivity index is 1.90. The summed E-state index contributed by atoms with van der Waals surface area (Å²) in [6.07, 6.45) is 1.29. The molecule has 0 aromatic heterocycles. The standard InChI is InChI=1S/C20H14N2O/c21-12-19(13-22)17(15-7-2-1-3-8-15)20(19)11-10-14-6-4-5-9-16(14)18(20)23/h1-9,17H,10-11H2. The molecule has 1 fully saturated rings. The van der Waals surface area contributed by atoms with Gasteiger partial charge in [-0.15, -0.1) is 0 Å². The minimum Gasteiger partial charge on any atom is -0.293 e. The summed E-state index contributed by atoms with van der Waals surface area (Å²) in [6.45, 7) is 0. The number of fused-ring (bicyclic) bond motifs is 1. The van der Waals surface area contributed by atoms with Crippen LogP contribution < -0.4 is 0 Å². The maximum Gasteiger partial charge on any atom is 0.172 e. The Hall–Kier alpha value is -2.91. The summed E-state index contributed by atoms with van der Waals surface area (Å²) in [5.41, 5.74) is 0.451. The summed E-state index contributed by atoms with van der Waals surface area (Å²) in [6, 6.07) is 21.4. The Labute approximate surface area is 134 Å². The summed E-state index contributed by atoms with van der Waals surface area (Å²) in [5.74, 6) is -0.386. The molecule has 0 amide bonds. The second-order valence-corrected chi connectivity index (χ2v) is 6.33. The molecular weight excluding hydrogens is 284 g/mol. The van der Waals surface area contributed by atoms with Crippen molar-refractivity contribution in [3.63, 3.8) is 0 Å². The van der Waals surface area contributed by atoms with Crippen LogP contribution in [0.1, 0.15) is 33.8 Å². The molecule has 2 aromatic rings. The van der Waals surface area contributed by atoms with Crippen LogP contribution in [0.3, 0.4) is 0 Å². The first kappa shape index (κ1) is 13.7. The molecule has 0 bridgehead atoms. The van der Waals surface area contributed by atoms with E-state index in [9.17, 15) is 15.3 Å². The maximum atomic E-state index is 13.2. The molecule has 0 heterocycles. The van der Waals surface area contributed by atoms with E-state index in [0.717, 1.165) is 17.5 Å². The van der Waals surface area contributed by atoms with Crippen molar-refractivity contribution in [3.8, 4) is 12.1 Å². The topological polar surface area (TPSA) is 64.7 Å². The zero-order chi connectivity index (χ0) is 16.1. The van der Waals surface area contributed by atoms with Crippen molar-refractivity contribution < 1.29 is 4.79 Å². The minimum atomic E-state index is -1.25. The van der Waals surface area contributed by atoms with Gasteiger partial charge in [0.25, 0.3) is 0 Å². The first-order valence-electron chi connectivity index (χ1n) is 7.71. The molecule has 0 radical (unpaired) electrons. The molecule has 0 saturated heterocycles. The Morgan fingerprint density at radius 1 is 0.957 bits per heavy atom. The van der Waals surface area contributed by atoms with E-state index in [0.29, 0.717) is 12.0 Å². The average Bonchev–Trinajstić information content (AvgIpc) is 3.22. The lowest BCUT2D eigenvalue weighted by molar-refractivity contribution is 0.0857. The molecule has 0 aliphatic heterocycles. The zero-order valence-corrected chi connectivity index (χ0v) is 12.5. The van der Waals surface area contributed by atoms with Gasteiger partial charge in [-0.05, 0) is 24.0 Å². The second kappa shape index (κ2) is 4.54. The first-order valence-corrected chi connectivity index (χ1v) is 7.71. The Morgan fingerprint density at radius 3 is 2.30 bits per heavy atom. The molecule has 2 aromatic carbocycles. The Bertz CT molecular complexity index is 874. The predicted octanol–water partition coefficient (Wildman–Crippen LogP) is 3.63. The third-order valence-electron chi connectivity index (χ3n) is 5.49. The molecule has 110 valence electrons. The van der Waals surface area contributed by atoms with Crippen molar-refractivity contribution in [1.82, 2.24) is 0 Å². The van der Waals surface area contributed by atoms with Crippen LogP contribution in [0, 0.1) is 33.5 Å². The fourth-order valence-electron chi connectivity index (χ4n) is 4.37. The van der Waals surface area contributed by atoms with E-state index in [2.05, 4.69) is 12.1 Å². The van der Waals surface area contributed by atoms with E-state index in [4.69, 9.17) is 0 Å². The van der Waals surface area contributed by atoms with Crippen molar-refractivity contribution >= 4 is 5.78 Å². The summed E-state index contributed by atoms with van der Waals surface area (Å²) >= 11 is 0. The maximum absolute atomic E-state index is 13.2. The van der Waals surface area contributed by atoms with Crippen molar-refractivity contribution in [1.29, 1.82) is 10.5 Å². The van der Waals surface area contributed by atoms with Gasteiger partial charge < -0.3 is 0 Å². The van der Waals surface area contributed by atoms with Crippen LogP contribution in [0.4, 0.5) is 0 Å². The highest BCUT2D eigenvalue weighted by Gasteiger charge is 2.82. The number of nitriles is 2. The summed E-state index contributed by atoms with van der Waals surface area (Å²) in [4.78, 5) is 13.2. The lowest BCUT2D eigenvalue weighted by Gasteiger charge is -2.24. The van der Waals surface area contributed by atoms with E-state index in [1.54, 1.807) is 0 Å². The molecule has 2 aliphatic rings. The molecule has 1 saturated carbocycles. The molecule has 4 rings (SSSR count). The quantitative estimate of drug-likeness (QED) is 0.807. The molecule has 2 aliphatic carbocycles. The SMILES string of the molecule is N#CC1(C#N)C(c2ccccc2)C12CCc1ccccc1C2=O. The van der Waals surface area contributed by atoms with E-state index in [-0.39, 0.29) is 11.7 Å². The number of hydrogen-bond acceptors (Lipinski definition) is 3. The van der Waals surface area contributed by atoms with Gasteiger partial charge in [0, 0.05) is 11.5 Å². The number of rotatable bonds is 1. The highest BCUT2D eigenvalue weighted by atomic mass is 16.1. The predicted molar refractivity (Wildman–Crippen MR) is 84.4 cm³/mol. The van der Waals surface area contributed by atoms with E-state index >= 15 is 0 Å². The van der Waals surface area contributed by atoms with Crippen LogP contribution in [-0.4, -0.2) is 5.78 Å². The van der Waals surface area contributed by atoms with E-state index in [1.807, 2.05) is 54.6 Å². The molecule has 1 spiro atoms. The lowest BCUT2D eigenvalue weighted by Crippen LogP contribution is -2.29. The van der Waals surface area contributed by atoms with E-state index in [1.165, 1.54) is 0 Å². The normalized spacial score (nSPS) is 26.9. The lowest BCUT2D eigenvalue weighted by atomic mass is 9.75. The van der Waals surface area contributed by atoms with Crippen LogP contribution in [0.2, 0.25) is 0 Å². The fraction of sp³-hybridized carbons (Fsp3) is 0.250. The van der Waals surface area contributed by atoms with Gasteiger partial charge in [-0.3, -0.25) is 4.79 Å². The molecule has 3 heteroatoms. The summed E-state index contributed by atoms with van der Waals surface area (Å²) in [7, 11) is 0. The third kappa shape index (κ3) is 1.49. The van der Waals surface area contributed by atoms with Gasteiger partial charge in [0.15, 0.2) is 11.2 Å². The molecule has 2 atom stereocenters. The third-order valence-corrected chi connectivity index (χ3v) is 5.49. The van der Waals surface area contributed by atoms with Gasteiger partial charge in [-0.25, -0.2) is 0 Å². The fourth-order valence-corrected chi connectivity index (χ4v) is 4.37. The van der Waals surface area contributed by atoms with Gasteiger partial charge in [-0.2, -0.15) is 10.5 Å². The molecular formula is C20H14N2O. The number of benzene rings is 2. The van der Waals surface area contributed by atoms with Gasteiger partial charge in [-0.1, -0.05) is 54.6 Å².